The van der Waals surface area contributed by atoms with Crippen molar-refractivity contribution in [3.8, 4) is 5.75 Å². The number of thioether (sulfide) groups is 1. The minimum atomic E-state index is -4.44. The van der Waals surface area contributed by atoms with Gasteiger partial charge in [0, 0.05) is 11.4 Å². The van der Waals surface area contributed by atoms with Gasteiger partial charge in [-0.3, -0.25) is 14.5 Å². The van der Waals surface area contributed by atoms with Gasteiger partial charge in [-0.15, -0.1) is 11.8 Å². The first-order chi connectivity index (χ1) is 16.2. The Balaban J connectivity index is 1.49. The van der Waals surface area contributed by atoms with Crippen LogP contribution in [0.2, 0.25) is 0 Å². The molecule has 5 nitrogen and oxygen atoms in total. The molecule has 1 saturated heterocycles. The maximum atomic E-state index is 12.9. The van der Waals surface area contributed by atoms with Gasteiger partial charge in [0.1, 0.15) is 11.1 Å². The Morgan fingerprint density at radius 3 is 2.44 bits per heavy atom. The number of carbonyl (C=O) groups is 2. The summed E-state index contributed by atoms with van der Waals surface area (Å²) in [4.78, 5) is 26.6. The van der Waals surface area contributed by atoms with E-state index in [0.717, 1.165) is 23.3 Å². The zero-order valence-corrected chi connectivity index (χ0v) is 19.0. The number of nitrogens with one attached hydrogen (secondary N) is 1. The number of methoxy groups -OCH3 is 1. The molecular weight excluding hydrogens is 465 g/mol. The Kier molecular flexibility index (Phi) is 6.83. The second-order valence-electron chi connectivity index (χ2n) is 7.67. The van der Waals surface area contributed by atoms with Crippen LogP contribution in [0.15, 0.2) is 72.8 Å². The fraction of sp³-hybridized carbons (Fsp3) is 0.200. The lowest BCUT2D eigenvalue weighted by Crippen LogP contribution is -2.28. The summed E-state index contributed by atoms with van der Waals surface area (Å²) in [6, 6.07) is 18.9. The van der Waals surface area contributed by atoms with E-state index in [1.54, 1.807) is 37.4 Å². The fourth-order valence-electron chi connectivity index (χ4n) is 3.66. The summed E-state index contributed by atoms with van der Waals surface area (Å²) >= 11 is 1.38. The smallest absolute Gasteiger partial charge is 0.416 e. The van der Waals surface area contributed by atoms with E-state index < -0.39 is 17.1 Å². The number of anilines is 2. The number of alkyl halides is 3. The Morgan fingerprint density at radius 2 is 1.79 bits per heavy atom. The highest BCUT2D eigenvalue weighted by Gasteiger charge is 2.35. The van der Waals surface area contributed by atoms with Gasteiger partial charge in [0.15, 0.2) is 0 Å². The minimum absolute atomic E-state index is 0.183. The van der Waals surface area contributed by atoms with Gasteiger partial charge in [-0.2, -0.15) is 13.2 Å². The molecule has 176 valence electrons. The largest absolute Gasteiger partial charge is 0.497 e. The highest BCUT2D eigenvalue weighted by atomic mass is 32.2. The Hall–Kier alpha value is -3.46. The lowest BCUT2D eigenvalue weighted by Gasteiger charge is -2.25. The van der Waals surface area contributed by atoms with Gasteiger partial charge in [0.25, 0.3) is 0 Å². The first-order valence-electron chi connectivity index (χ1n) is 10.4. The maximum absolute atomic E-state index is 12.9. The van der Waals surface area contributed by atoms with Crippen LogP contribution in [0.1, 0.15) is 22.1 Å². The fourth-order valence-corrected chi connectivity index (χ4v) is 4.83. The molecule has 0 radical (unpaired) electrons. The van der Waals surface area contributed by atoms with Crippen molar-refractivity contribution >= 4 is 35.0 Å². The van der Waals surface area contributed by atoms with Gasteiger partial charge in [-0.25, -0.2) is 0 Å². The van der Waals surface area contributed by atoms with E-state index >= 15 is 0 Å². The molecule has 1 unspecified atom stereocenters. The summed E-state index contributed by atoms with van der Waals surface area (Å²) in [7, 11) is 1.57. The average molecular weight is 487 g/mol. The van der Waals surface area contributed by atoms with Crippen molar-refractivity contribution in [2.45, 2.75) is 18.0 Å². The molecule has 0 aromatic heterocycles. The molecule has 1 fully saturated rings. The summed E-state index contributed by atoms with van der Waals surface area (Å²) in [5, 5.41) is 2.45. The van der Waals surface area contributed by atoms with Gasteiger partial charge < -0.3 is 10.1 Å². The second kappa shape index (κ2) is 9.80. The Labute approximate surface area is 198 Å². The first kappa shape index (κ1) is 23.7. The molecule has 1 heterocycles. The highest BCUT2D eigenvalue weighted by molar-refractivity contribution is 8.00. The van der Waals surface area contributed by atoms with Crippen molar-refractivity contribution in [2.75, 3.05) is 23.1 Å². The van der Waals surface area contributed by atoms with Crippen LogP contribution >= 0.6 is 11.8 Å². The van der Waals surface area contributed by atoms with Crippen molar-refractivity contribution in [3.05, 3.63) is 89.5 Å². The minimum Gasteiger partial charge on any atom is -0.497 e. The van der Waals surface area contributed by atoms with Crippen molar-refractivity contribution < 1.29 is 27.5 Å². The molecule has 3 aromatic rings. The van der Waals surface area contributed by atoms with Crippen LogP contribution in [0.4, 0.5) is 24.5 Å². The number of benzene rings is 3. The van der Waals surface area contributed by atoms with Crippen LogP contribution in [0.5, 0.6) is 5.75 Å². The van der Waals surface area contributed by atoms with Crippen molar-refractivity contribution in [1.82, 2.24) is 0 Å². The maximum Gasteiger partial charge on any atom is 0.416 e. The number of rotatable bonds is 6. The predicted octanol–water partition coefficient (Wildman–Crippen LogP) is 5.67. The van der Waals surface area contributed by atoms with E-state index in [9.17, 15) is 22.8 Å². The quantitative estimate of drug-likeness (QED) is 0.488. The van der Waals surface area contributed by atoms with Crippen molar-refractivity contribution in [1.29, 1.82) is 0 Å². The van der Waals surface area contributed by atoms with Crippen molar-refractivity contribution in [3.63, 3.8) is 0 Å². The third-order valence-electron chi connectivity index (χ3n) is 5.32. The number of hydrogen-bond acceptors (Lipinski definition) is 4. The van der Waals surface area contributed by atoms with Gasteiger partial charge in [0.05, 0.1) is 24.8 Å². The lowest BCUT2D eigenvalue weighted by atomic mass is 10.1. The Morgan fingerprint density at radius 1 is 1.09 bits per heavy atom. The number of nitrogens with zero attached hydrogens (tertiary/aromatic N) is 1. The summed E-state index contributed by atoms with van der Waals surface area (Å²) in [6.07, 6.45) is -4.26. The van der Waals surface area contributed by atoms with Crippen molar-refractivity contribution in [2.24, 2.45) is 0 Å². The highest BCUT2D eigenvalue weighted by Crippen LogP contribution is 2.43. The molecule has 1 N–H and O–H groups in total. The topological polar surface area (TPSA) is 58.6 Å². The third kappa shape index (κ3) is 5.36. The monoisotopic (exact) mass is 486 g/mol. The van der Waals surface area contributed by atoms with E-state index in [-0.39, 0.29) is 24.0 Å². The molecule has 0 aliphatic carbocycles. The van der Waals surface area contributed by atoms with Crippen LogP contribution in [0, 0.1) is 0 Å². The van der Waals surface area contributed by atoms with Crippen LogP contribution < -0.4 is 15.0 Å². The summed E-state index contributed by atoms with van der Waals surface area (Å²) in [5.74, 6) is 0.526. The van der Waals surface area contributed by atoms with Gasteiger partial charge in [-0.1, -0.05) is 24.3 Å². The average Bonchev–Trinajstić information content (AvgIpc) is 3.20. The van der Waals surface area contributed by atoms with Gasteiger partial charge >= 0.3 is 6.18 Å². The molecule has 1 atom stereocenters. The van der Waals surface area contributed by atoms with E-state index in [1.165, 1.54) is 28.8 Å². The molecule has 1 aliphatic heterocycles. The predicted molar refractivity (Wildman–Crippen MR) is 126 cm³/mol. The molecule has 34 heavy (non-hydrogen) atoms. The van der Waals surface area contributed by atoms with Crippen LogP contribution in [0.3, 0.4) is 0 Å². The SMILES string of the molecule is COc1ccc(CC(=O)Nc2cccc(C3SCC(=O)N3c3ccc(C(F)(F)F)cc3)c2)cc1. The molecule has 1 aliphatic rings. The molecule has 0 bridgehead atoms. The molecule has 0 saturated carbocycles. The lowest BCUT2D eigenvalue weighted by molar-refractivity contribution is -0.137. The third-order valence-corrected chi connectivity index (χ3v) is 6.53. The number of halogens is 3. The normalized spacial score (nSPS) is 15.9. The summed E-state index contributed by atoms with van der Waals surface area (Å²) in [6.45, 7) is 0. The Bertz CT molecular complexity index is 1180. The molecule has 0 spiro atoms. The van der Waals surface area contributed by atoms with E-state index in [4.69, 9.17) is 4.74 Å². The van der Waals surface area contributed by atoms with Crippen LogP contribution in [-0.2, 0) is 22.2 Å². The molecule has 4 rings (SSSR count). The number of ether oxygens (including phenoxy) is 1. The molecule has 2 amide bonds. The van der Waals surface area contributed by atoms with E-state index in [1.807, 2.05) is 18.2 Å². The van der Waals surface area contributed by atoms with Gasteiger partial charge in [0.2, 0.25) is 11.8 Å². The zero-order valence-electron chi connectivity index (χ0n) is 18.1. The standard InChI is InChI=1S/C25H21F3N2O3S/c1-33-21-11-5-16(6-12-21)13-22(31)29-19-4-2-3-17(14-19)24-30(23(32)15-34-24)20-9-7-18(8-10-20)25(26,27)28/h2-12,14,24H,13,15H2,1H3,(H,29,31). The zero-order chi connectivity index (χ0) is 24.3. The first-order valence-corrected chi connectivity index (χ1v) is 11.4. The number of amides is 2. The number of carbonyl (C=O) groups excluding carboxylic acids is 2. The molecular formula is C25H21F3N2O3S. The van der Waals surface area contributed by atoms with Crippen LogP contribution in [0.25, 0.3) is 0 Å². The molecule has 9 heteroatoms. The second-order valence-corrected chi connectivity index (χ2v) is 8.74. The number of hydrogen-bond donors (Lipinski definition) is 1. The van der Waals surface area contributed by atoms with Crippen LogP contribution in [-0.4, -0.2) is 24.7 Å². The van der Waals surface area contributed by atoms with Gasteiger partial charge in [-0.05, 0) is 59.7 Å². The summed E-state index contributed by atoms with van der Waals surface area (Å²) in [5.41, 5.74) is 1.79. The molecule has 3 aromatic carbocycles. The van der Waals surface area contributed by atoms with E-state index in [2.05, 4.69) is 5.32 Å². The summed E-state index contributed by atoms with van der Waals surface area (Å²) < 4.78 is 43.9. The van der Waals surface area contributed by atoms with E-state index in [0.29, 0.717) is 17.1 Å².